The van der Waals surface area contributed by atoms with Crippen LogP contribution in [-0.2, 0) is 0 Å². The lowest BCUT2D eigenvalue weighted by atomic mass is 10.1. The summed E-state index contributed by atoms with van der Waals surface area (Å²) < 4.78 is 5.45. The molecule has 0 radical (unpaired) electrons. The Labute approximate surface area is 134 Å². The Morgan fingerprint density at radius 1 is 1.00 bits per heavy atom. The maximum Gasteiger partial charge on any atom is 0.263 e. The van der Waals surface area contributed by atoms with E-state index in [-0.39, 0.29) is 0 Å². The smallest absolute Gasteiger partial charge is 0.263 e. The summed E-state index contributed by atoms with van der Waals surface area (Å²) in [5.41, 5.74) is 3.61. The molecule has 6 nitrogen and oxygen atoms in total. The van der Waals surface area contributed by atoms with Crippen LogP contribution in [0.5, 0.6) is 0 Å². The Bertz CT molecular complexity index is 819. The minimum atomic E-state index is 0.546. The van der Waals surface area contributed by atoms with Crippen molar-refractivity contribution in [3.05, 3.63) is 36.2 Å². The minimum Gasteiger partial charge on any atom is -0.353 e. The molecular formula is C17H19N5O. The van der Waals surface area contributed by atoms with Crippen LogP contribution in [0.1, 0.15) is 5.56 Å². The molecule has 1 fully saturated rings. The van der Waals surface area contributed by atoms with Crippen molar-refractivity contribution in [2.45, 2.75) is 6.92 Å². The van der Waals surface area contributed by atoms with E-state index in [9.17, 15) is 0 Å². The number of nitrogens with zero attached hydrogens (tertiary/aromatic N) is 5. The van der Waals surface area contributed by atoms with Crippen LogP contribution in [-0.4, -0.2) is 53.3 Å². The molecule has 0 spiro atoms. The summed E-state index contributed by atoms with van der Waals surface area (Å²) in [4.78, 5) is 13.4. The molecule has 4 rings (SSSR count). The van der Waals surface area contributed by atoms with E-state index in [2.05, 4.69) is 63.2 Å². The van der Waals surface area contributed by atoms with Gasteiger partial charge >= 0.3 is 0 Å². The first kappa shape index (κ1) is 14.1. The van der Waals surface area contributed by atoms with E-state index in [4.69, 9.17) is 4.52 Å². The van der Waals surface area contributed by atoms with E-state index in [0.29, 0.717) is 5.71 Å². The van der Waals surface area contributed by atoms with Gasteiger partial charge in [0, 0.05) is 31.7 Å². The summed E-state index contributed by atoms with van der Waals surface area (Å²) in [6.07, 6.45) is 1.56. The maximum absolute atomic E-state index is 5.45. The second-order valence-corrected chi connectivity index (χ2v) is 6.06. The summed E-state index contributed by atoms with van der Waals surface area (Å²) in [5, 5.41) is 5.15. The molecular weight excluding hydrogens is 290 g/mol. The molecule has 118 valence electrons. The molecule has 23 heavy (non-hydrogen) atoms. The number of fused-ring (bicyclic) bond motifs is 1. The van der Waals surface area contributed by atoms with Gasteiger partial charge in [0.25, 0.3) is 5.71 Å². The van der Waals surface area contributed by atoms with E-state index in [1.165, 1.54) is 5.56 Å². The molecule has 0 N–H and O–H groups in total. The largest absolute Gasteiger partial charge is 0.353 e. The monoisotopic (exact) mass is 309 g/mol. The van der Waals surface area contributed by atoms with E-state index >= 15 is 0 Å². The Morgan fingerprint density at radius 2 is 1.74 bits per heavy atom. The van der Waals surface area contributed by atoms with Crippen LogP contribution in [0.4, 0.5) is 5.82 Å². The standard InChI is InChI=1S/C17H19N5O/c1-12-3-5-13(6-4-12)15-14-16(18-11-19-17(14)23-20-15)22-9-7-21(2)8-10-22/h3-6,11H,7-10H2,1-2H3. The number of piperazine rings is 1. The van der Waals surface area contributed by atoms with Crippen molar-refractivity contribution in [2.75, 3.05) is 38.1 Å². The second-order valence-electron chi connectivity index (χ2n) is 6.06. The number of benzene rings is 1. The van der Waals surface area contributed by atoms with Crippen molar-refractivity contribution in [2.24, 2.45) is 0 Å². The highest BCUT2D eigenvalue weighted by molar-refractivity contribution is 5.97. The first-order valence-corrected chi connectivity index (χ1v) is 7.83. The quantitative estimate of drug-likeness (QED) is 0.724. The van der Waals surface area contributed by atoms with Gasteiger partial charge in [-0.05, 0) is 14.0 Å². The summed E-state index contributed by atoms with van der Waals surface area (Å²) in [7, 11) is 2.14. The fourth-order valence-corrected chi connectivity index (χ4v) is 2.94. The molecule has 3 heterocycles. The molecule has 0 amide bonds. The predicted molar refractivity (Wildman–Crippen MR) is 89.5 cm³/mol. The van der Waals surface area contributed by atoms with Gasteiger partial charge in [-0.1, -0.05) is 35.0 Å². The highest BCUT2D eigenvalue weighted by Crippen LogP contribution is 2.33. The van der Waals surface area contributed by atoms with Gasteiger partial charge in [-0.15, -0.1) is 0 Å². The number of anilines is 1. The zero-order valence-electron chi connectivity index (χ0n) is 13.4. The Kier molecular flexibility index (Phi) is 3.46. The van der Waals surface area contributed by atoms with Crippen LogP contribution in [0.3, 0.4) is 0 Å². The van der Waals surface area contributed by atoms with Crippen molar-refractivity contribution >= 4 is 16.9 Å². The van der Waals surface area contributed by atoms with E-state index in [0.717, 1.165) is 48.6 Å². The van der Waals surface area contributed by atoms with Crippen molar-refractivity contribution in [3.63, 3.8) is 0 Å². The molecule has 0 bridgehead atoms. The third kappa shape index (κ3) is 2.55. The van der Waals surface area contributed by atoms with Crippen LogP contribution >= 0.6 is 0 Å². The zero-order chi connectivity index (χ0) is 15.8. The maximum atomic E-state index is 5.45. The molecule has 0 atom stereocenters. The number of aryl methyl sites for hydroxylation is 1. The lowest BCUT2D eigenvalue weighted by Gasteiger charge is -2.33. The van der Waals surface area contributed by atoms with Gasteiger partial charge in [0.15, 0.2) is 0 Å². The normalized spacial score (nSPS) is 16.2. The van der Waals surface area contributed by atoms with Gasteiger partial charge in [0.05, 0.1) is 0 Å². The Morgan fingerprint density at radius 3 is 2.48 bits per heavy atom. The topological polar surface area (TPSA) is 58.3 Å². The fourth-order valence-electron chi connectivity index (χ4n) is 2.94. The number of rotatable bonds is 2. The molecule has 0 unspecified atom stereocenters. The van der Waals surface area contributed by atoms with Crippen LogP contribution in [0, 0.1) is 6.92 Å². The van der Waals surface area contributed by atoms with Gasteiger partial charge in [-0.25, -0.2) is 4.98 Å². The molecule has 0 saturated carbocycles. The predicted octanol–water partition coefficient (Wildman–Crippen LogP) is 2.35. The number of hydrogen-bond donors (Lipinski definition) is 0. The molecule has 3 aromatic rings. The third-order valence-corrected chi connectivity index (χ3v) is 4.38. The van der Waals surface area contributed by atoms with Crippen LogP contribution in [0.15, 0.2) is 35.1 Å². The average molecular weight is 309 g/mol. The SMILES string of the molecule is Cc1ccc(-c2noc3ncnc(N4CCN(C)CC4)c23)cc1. The zero-order valence-corrected chi connectivity index (χ0v) is 13.4. The van der Waals surface area contributed by atoms with Crippen molar-refractivity contribution < 1.29 is 4.52 Å². The van der Waals surface area contributed by atoms with Crippen LogP contribution in [0.2, 0.25) is 0 Å². The van der Waals surface area contributed by atoms with Gasteiger partial charge in [0.1, 0.15) is 23.2 Å². The Hall–Kier alpha value is -2.47. The highest BCUT2D eigenvalue weighted by atomic mass is 16.5. The summed E-state index contributed by atoms with van der Waals surface area (Å²) in [5.74, 6) is 0.917. The van der Waals surface area contributed by atoms with Crippen LogP contribution in [0.25, 0.3) is 22.4 Å². The van der Waals surface area contributed by atoms with Crippen LogP contribution < -0.4 is 4.90 Å². The molecule has 1 aliphatic heterocycles. The number of aromatic nitrogens is 3. The lowest BCUT2D eigenvalue weighted by Crippen LogP contribution is -2.44. The summed E-state index contributed by atoms with van der Waals surface area (Å²) in [6.45, 7) is 6.01. The van der Waals surface area contributed by atoms with E-state index in [1.807, 2.05) is 0 Å². The van der Waals surface area contributed by atoms with Gasteiger partial charge < -0.3 is 14.3 Å². The molecule has 0 aliphatic carbocycles. The lowest BCUT2D eigenvalue weighted by molar-refractivity contribution is 0.312. The average Bonchev–Trinajstić information content (AvgIpc) is 3.00. The fraction of sp³-hybridized carbons (Fsp3) is 0.353. The molecule has 1 saturated heterocycles. The van der Waals surface area contributed by atoms with Crippen molar-refractivity contribution in [1.82, 2.24) is 20.0 Å². The van der Waals surface area contributed by atoms with Gasteiger partial charge in [0.2, 0.25) is 0 Å². The summed E-state index contributed by atoms with van der Waals surface area (Å²) in [6, 6.07) is 8.28. The first-order valence-electron chi connectivity index (χ1n) is 7.83. The highest BCUT2D eigenvalue weighted by Gasteiger charge is 2.23. The molecule has 2 aromatic heterocycles. The van der Waals surface area contributed by atoms with E-state index in [1.54, 1.807) is 6.33 Å². The summed E-state index contributed by atoms with van der Waals surface area (Å²) >= 11 is 0. The van der Waals surface area contributed by atoms with Crippen molar-refractivity contribution in [3.8, 4) is 11.3 Å². The second kappa shape index (κ2) is 5.62. The number of likely N-dealkylation sites (N-methyl/N-ethyl adjacent to an activating group) is 1. The van der Waals surface area contributed by atoms with Crippen molar-refractivity contribution in [1.29, 1.82) is 0 Å². The minimum absolute atomic E-state index is 0.546. The van der Waals surface area contributed by atoms with Gasteiger partial charge in [-0.3, -0.25) is 0 Å². The third-order valence-electron chi connectivity index (χ3n) is 4.38. The first-order chi connectivity index (χ1) is 11.2. The molecule has 1 aliphatic rings. The van der Waals surface area contributed by atoms with Gasteiger partial charge in [-0.2, -0.15) is 4.98 Å². The molecule has 6 heteroatoms. The van der Waals surface area contributed by atoms with E-state index < -0.39 is 0 Å². The molecule has 1 aromatic carbocycles. The number of hydrogen-bond acceptors (Lipinski definition) is 6. The Balaban J connectivity index is 1.82.